The monoisotopic (exact) mass is 282 g/mol. The van der Waals surface area contributed by atoms with E-state index in [0.29, 0.717) is 5.92 Å². The summed E-state index contributed by atoms with van der Waals surface area (Å²) < 4.78 is 0. The Hall–Kier alpha value is -0.570. The second-order valence-electron chi connectivity index (χ2n) is 6.57. The Kier molecular flexibility index (Phi) is 5.43. The molecule has 1 atom stereocenters. The molecule has 1 aliphatic heterocycles. The molecule has 19 heavy (non-hydrogen) atoms. The molecule has 0 saturated carbocycles. The fourth-order valence-corrected chi connectivity index (χ4v) is 3.09. The van der Waals surface area contributed by atoms with Gasteiger partial charge in [0, 0.05) is 18.6 Å². The molecule has 2 nitrogen and oxygen atoms in total. The minimum absolute atomic E-state index is 0. The third-order valence-electron chi connectivity index (χ3n) is 3.77. The van der Waals surface area contributed by atoms with Gasteiger partial charge in [0.1, 0.15) is 0 Å². The molecule has 108 valence electrons. The number of nitrogens with two attached hydrogens (primary N) is 1. The first-order valence-corrected chi connectivity index (χ1v) is 6.93. The quantitative estimate of drug-likeness (QED) is 0.922. The zero-order valence-electron chi connectivity index (χ0n) is 12.6. The van der Waals surface area contributed by atoms with Crippen LogP contribution in [0.15, 0.2) is 18.2 Å². The fourth-order valence-electron chi connectivity index (χ4n) is 3.09. The molecular weight excluding hydrogens is 256 g/mol. The van der Waals surface area contributed by atoms with Crippen molar-refractivity contribution in [2.75, 3.05) is 19.6 Å². The topological polar surface area (TPSA) is 29.3 Å². The van der Waals surface area contributed by atoms with E-state index in [1.807, 2.05) is 0 Å². The lowest BCUT2D eigenvalue weighted by Crippen LogP contribution is -2.44. The molecule has 0 aromatic heterocycles. The van der Waals surface area contributed by atoms with Crippen LogP contribution in [0, 0.1) is 13.8 Å². The molecule has 1 aliphatic rings. The summed E-state index contributed by atoms with van der Waals surface area (Å²) in [6, 6.07) is 6.84. The minimum Gasteiger partial charge on any atom is -0.324 e. The van der Waals surface area contributed by atoms with Gasteiger partial charge < -0.3 is 10.6 Å². The smallest absolute Gasteiger partial charge is 0.0226 e. The van der Waals surface area contributed by atoms with E-state index in [0.717, 1.165) is 13.1 Å². The molecule has 2 N–H and O–H groups in total. The third-order valence-corrected chi connectivity index (χ3v) is 3.77. The number of halogens is 1. The van der Waals surface area contributed by atoms with E-state index in [9.17, 15) is 0 Å². The Labute approximate surface area is 123 Å². The molecule has 1 aromatic rings. The fraction of sp³-hybridized carbons (Fsp3) is 0.625. The summed E-state index contributed by atoms with van der Waals surface area (Å²) in [5.41, 5.74) is 10.3. The van der Waals surface area contributed by atoms with Crippen LogP contribution in [-0.2, 0) is 0 Å². The summed E-state index contributed by atoms with van der Waals surface area (Å²) in [5, 5.41) is 0. The second-order valence-corrected chi connectivity index (χ2v) is 6.57. The van der Waals surface area contributed by atoms with Crippen molar-refractivity contribution in [1.29, 1.82) is 0 Å². The average Bonchev–Trinajstić information content (AvgIpc) is 2.63. The van der Waals surface area contributed by atoms with E-state index < -0.39 is 0 Å². The van der Waals surface area contributed by atoms with Crippen LogP contribution in [0.1, 0.15) is 42.9 Å². The lowest BCUT2D eigenvalue weighted by molar-refractivity contribution is 0.268. The Bertz CT molecular complexity index is 423. The van der Waals surface area contributed by atoms with Gasteiger partial charge in [0.25, 0.3) is 0 Å². The molecule has 0 aliphatic carbocycles. The van der Waals surface area contributed by atoms with Gasteiger partial charge in [-0.15, -0.1) is 12.4 Å². The van der Waals surface area contributed by atoms with Crippen LogP contribution in [0.4, 0.5) is 0 Å². The van der Waals surface area contributed by atoms with Crippen molar-refractivity contribution in [1.82, 2.24) is 4.90 Å². The number of hydrogen-bond acceptors (Lipinski definition) is 2. The van der Waals surface area contributed by atoms with Crippen LogP contribution in [0.2, 0.25) is 0 Å². The SMILES string of the molecule is Cc1ccc(C2CCN(CC(C)(C)N)C2)c(C)c1.Cl. The van der Waals surface area contributed by atoms with Crippen LogP contribution in [0.3, 0.4) is 0 Å². The highest BCUT2D eigenvalue weighted by Crippen LogP contribution is 2.30. The van der Waals surface area contributed by atoms with Crippen molar-refractivity contribution in [2.45, 2.75) is 45.6 Å². The molecule has 0 spiro atoms. The molecule has 1 fully saturated rings. The van der Waals surface area contributed by atoms with Crippen molar-refractivity contribution in [3.05, 3.63) is 34.9 Å². The minimum atomic E-state index is -0.0861. The molecule has 2 rings (SSSR count). The molecule has 0 radical (unpaired) electrons. The maximum atomic E-state index is 6.11. The zero-order chi connectivity index (χ0) is 13.3. The van der Waals surface area contributed by atoms with Crippen molar-refractivity contribution in [3.8, 4) is 0 Å². The molecular formula is C16H27ClN2. The summed E-state index contributed by atoms with van der Waals surface area (Å²) in [6.45, 7) is 11.9. The molecule has 0 amide bonds. The molecule has 1 aromatic carbocycles. The van der Waals surface area contributed by atoms with Gasteiger partial charge >= 0.3 is 0 Å². The number of rotatable bonds is 3. The maximum Gasteiger partial charge on any atom is 0.0226 e. The van der Waals surface area contributed by atoms with E-state index in [1.165, 1.54) is 29.7 Å². The average molecular weight is 283 g/mol. The van der Waals surface area contributed by atoms with Crippen LogP contribution < -0.4 is 5.73 Å². The van der Waals surface area contributed by atoms with Gasteiger partial charge in [-0.1, -0.05) is 23.8 Å². The third kappa shape index (κ3) is 4.48. The van der Waals surface area contributed by atoms with Gasteiger partial charge in [0.2, 0.25) is 0 Å². The Morgan fingerprint density at radius 1 is 1.32 bits per heavy atom. The van der Waals surface area contributed by atoms with Crippen molar-refractivity contribution in [3.63, 3.8) is 0 Å². The predicted molar refractivity (Wildman–Crippen MR) is 85.2 cm³/mol. The lowest BCUT2D eigenvalue weighted by Gasteiger charge is -2.26. The van der Waals surface area contributed by atoms with Gasteiger partial charge in [-0.2, -0.15) is 0 Å². The van der Waals surface area contributed by atoms with Crippen LogP contribution in [0.5, 0.6) is 0 Å². The summed E-state index contributed by atoms with van der Waals surface area (Å²) >= 11 is 0. The van der Waals surface area contributed by atoms with Crippen molar-refractivity contribution in [2.24, 2.45) is 5.73 Å². The highest BCUT2D eigenvalue weighted by atomic mass is 35.5. The van der Waals surface area contributed by atoms with Crippen molar-refractivity contribution < 1.29 is 0 Å². The highest BCUT2D eigenvalue weighted by Gasteiger charge is 2.27. The highest BCUT2D eigenvalue weighted by molar-refractivity contribution is 5.85. The molecule has 0 bridgehead atoms. The van der Waals surface area contributed by atoms with Crippen molar-refractivity contribution >= 4 is 12.4 Å². The van der Waals surface area contributed by atoms with E-state index >= 15 is 0 Å². The maximum absolute atomic E-state index is 6.11. The summed E-state index contributed by atoms with van der Waals surface area (Å²) in [5.74, 6) is 0.688. The lowest BCUT2D eigenvalue weighted by atomic mass is 9.93. The first kappa shape index (κ1) is 16.5. The number of aryl methyl sites for hydroxylation is 2. The predicted octanol–water partition coefficient (Wildman–Crippen LogP) is 3.25. The van der Waals surface area contributed by atoms with Gasteiger partial charge in [0.05, 0.1) is 0 Å². The van der Waals surface area contributed by atoms with Crippen LogP contribution in [0.25, 0.3) is 0 Å². The summed E-state index contributed by atoms with van der Waals surface area (Å²) in [7, 11) is 0. The largest absolute Gasteiger partial charge is 0.324 e. The number of likely N-dealkylation sites (tertiary alicyclic amines) is 1. The summed E-state index contributed by atoms with van der Waals surface area (Å²) in [4.78, 5) is 2.50. The number of benzene rings is 1. The summed E-state index contributed by atoms with van der Waals surface area (Å²) in [6.07, 6.45) is 1.26. The van der Waals surface area contributed by atoms with E-state index in [1.54, 1.807) is 0 Å². The number of nitrogens with zero attached hydrogens (tertiary/aromatic N) is 1. The van der Waals surface area contributed by atoms with Crippen LogP contribution >= 0.6 is 12.4 Å². The van der Waals surface area contributed by atoms with Gasteiger partial charge in [-0.25, -0.2) is 0 Å². The van der Waals surface area contributed by atoms with E-state index in [2.05, 4.69) is 50.8 Å². The Morgan fingerprint density at radius 2 is 2.00 bits per heavy atom. The Morgan fingerprint density at radius 3 is 2.58 bits per heavy atom. The zero-order valence-corrected chi connectivity index (χ0v) is 13.4. The van der Waals surface area contributed by atoms with Gasteiger partial charge in [-0.05, 0) is 57.7 Å². The Balaban J connectivity index is 0.00000180. The first-order chi connectivity index (χ1) is 8.35. The van der Waals surface area contributed by atoms with Crippen LogP contribution in [-0.4, -0.2) is 30.1 Å². The standard InChI is InChI=1S/C16H26N2.ClH/c1-12-5-6-15(13(2)9-12)14-7-8-18(10-14)11-16(3,4)17;/h5-6,9,14H,7-8,10-11,17H2,1-4H3;1H. The molecule has 1 heterocycles. The first-order valence-electron chi connectivity index (χ1n) is 6.93. The van der Waals surface area contributed by atoms with E-state index in [4.69, 9.17) is 5.73 Å². The molecule has 1 saturated heterocycles. The molecule has 1 unspecified atom stereocenters. The van der Waals surface area contributed by atoms with Gasteiger partial charge in [0.15, 0.2) is 0 Å². The normalized spacial score (nSPS) is 20.4. The van der Waals surface area contributed by atoms with E-state index in [-0.39, 0.29) is 17.9 Å². The second kappa shape index (κ2) is 6.25. The number of hydrogen-bond donors (Lipinski definition) is 1. The van der Waals surface area contributed by atoms with Gasteiger partial charge in [-0.3, -0.25) is 0 Å². The molecule has 3 heteroatoms.